The van der Waals surface area contributed by atoms with Crippen LogP contribution in [0.25, 0.3) is 0 Å². The second kappa shape index (κ2) is 6.82. The number of ketones is 1. The molecular weight excluding hydrogens is 188 g/mol. The van der Waals surface area contributed by atoms with E-state index in [2.05, 4.69) is 9.47 Å². The highest BCUT2D eigenvalue weighted by Gasteiger charge is 2.10. The van der Waals surface area contributed by atoms with Crippen LogP contribution in [-0.2, 0) is 23.9 Å². The molecule has 0 unspecified atom stereocenters. The van der Waals surface area contributed by atoms with Crippen molar-refractivity contribution in [3.05, 3.63) is 12.2 Å². The van der Waals surface area contributed by atoms with Gasteiger partial charge in [-0.3, -0.25) is 4.79 Å². The Labute approximate surface area is 81.7 Å². The predicted octanol–water partition coefficient (Wildman–Crippen LogP) is 0.238. The lowest BCUT2D eigenvalue weighted by atomic mass is 10.3. The molecule has 0 bridgehead atoms. The maximum absolute atomic E-state index is 10.9. The Hall–Kier alpha value is -1.65. The molecule has 14 heavy (non-hydrogen) atoms. The van der Waals surface area contributed by atoms with Gasteiger partial charge in [0.05, 0.1) is 13.2 Å². The van der Waals surface area contributed by atoms with E-state index in [1.807, 2.05) is 0 Å². The molecule has 0 rings (SSSR count). The number of hydrogen-bond acceptors (Lipinski definition) is 5. The molecule has 0 amide bonds. The predicted molar refractivity (Wildman–Crippen MR) is 47.4 cm³/mol. The van der Waals surface area contributed by atoms with E-state index < -0.39 is 17.7 Å². The van der Waals surface area contributed by atoms with Crippen LogP contribution in [0.4, 0.5) is 0 Å². The molecule has 0 aromatic carbocycles. The van der Waals surface area contributed by atoms with Gasteiger partial charge in [0.15, 0.2) is 0 Å². The summed E-state index contributed by atoms with van der Waals surface area (Å²) in [6, 6.07) is 0. The highest BCUT2D eigenvalue weighted by atomic mass is 16.5. The lowest BCUT2D eigenvalue weighted by Gasteiger charge is -1.96. The Morgan fingerprint density at radius 3 is 2.07 bits per heavy atom. The SMILES string of the molecule is CCOC(=O)/C=C/C(=O)C(=O)OCC. The molecule has 0 aromatic heterocycles. The first-order valence-corrected chi connectivity index (χ1v) is 4.17. The van der Waals surface area contributed by atoms with Crippen molar-refractivity contribution in [3.63, 3.8) is 0 Å². The van der Waals surface area contributed by atoms with Crippen LogP contribution in [0.2, 0.25) is 0 Å². The van der Waals surface area contributed by atoms with Gasteiger partial charge >= 0.3 is 11.9 Å². The molecule has 0 atom stereocenters. The normalized spacial score (nSPS) is 9.86. The zero-order chi connectivity index (χ0) is 11.0. The van der Waals surface area contributed by atoms with Gasteiger partial charge in [0.25, 0.3) is 5.78 Å². The molecule has 5 nitrogen and oxygen atoms in total. The van der Waals surface area contributed by atoms with Gasteiger partial charge in [0.2, 0.25) is 0 Å². The largest absolute Gasteiger partial charge is 0.463 e. The lowest BCUT2D eigenvalue weighted by Crippen LogP contribution is -2.15. The highest BCUT2D eigenvalue weighted by molar-refractivity contribution is 6.38. The standard InChI is InChI=1S/C9H12O5/c1-3-13-8(11)6-5-7(10)9(12)14-4-2/h5-6H,3-4H2,1-2H3/b6-5+. The number of carbonyl (C=O) groups excluding carboxylic acids is 3. The second-order valence-electron chi connectivity index (χ2n) is 2.17. The first-order valence-electron chi connectivity index (χ1n) is 4.17. The summed E-state index contributed by atoms with van der Waals surface area (Å²) in [5, 5.41) is 0. The molecule has 0 spiro atoms. The molecule has 0 aromatic rings. The molecular formula is C9H12O5. The van der Waals surface area contributed by atoms with Crippen molar-refractivity contribution in [2.24, 2.45) is 0 Å². The minimum absolute atomic E-state index is 0.123. The highest BCUT2D eigenvalue weighted by Crippen LogP contribution is 1.86. The van der Waals surface area contributed by atoms with Crippen LogP contribution >= 0.6 is 0 Å². The first kappa shape index (κ1) is 12.3. The molecule has 0 aliphatic heterocycles. The molecule has 0 radical (unpaired) electrons. The Morgan fingerprint density at radius 1 is 1.00 bits per heavy atom. The van der Waals surface area contributed by atoms with E-state index >= 15 is 0 Å². The van der Waals surface area contributed by atoms with Gasteiger partial charge in [0.1, 0.15) is 0 Å². The zero-order valence-corrected chi connectivity index (χ0v) is 8.11. The number of ether oxygens (including phenoxy) is 2. The van der Waals surface area contributed by atoms with Gasteiger partial charge in [-0.25, -0.2) is 9.59 Å². The van der Waals surface area contributed by atoms with Crippen molar-refractivity contribution in [2.45, 2.75) is 13.8 Å². The summed E-state index contributed by atoms with van der Waals surface area (Å²) in [6.45, 7) is 3.56. The molecule has 0 fully saturated rings. The van der Waals surface area contributed by atoms with Crippen molar-refractivity contribution < 1.29 is 23.9 Å². The molecule has 0 heterocycles. The maximum Gasteiger partial charge on any atom is 0.379 e. The van der Waals surface area contributed by atoms with Gasteiger partial charge in [-0.15, -0.1) is 0 Å². The van der Waals surface area contributed by atoms with E-state index in [-0.39, 0.29) is 13.2 Å². The Bertz CT molecular complexity index is 254. The average Bonchev–Trinajstić information content (AvgIpc) is 2.15. The van der Waals surface area contributed by atoms with Crippen LogP contribution < -0.4 is 0 Å². The summed E-state index contributed by atoms with van der Waals surface area (Å²) in [6.07, 6.45) is 1.72. The number of carbonyl (C=O) groups is 3. The molecule has 0 saturated heterocycles. The van der Waals surface area contributed by atoms with Crippen LogP contribution in [-0.4, -0.2) is 30.9 Å². The average molecular weight is 200 g/mol. The molecule has 5 heteroatoms. The van der Waals surface area contributed by atoms with E-state index in [9.17, 15) is 14.4 Å². The van der Waals surface area contributed by atoms with Gasteiger partial charge in [-0.1, -0.05) is 0 Å². The van der Waals surface area contributed by atoms with Crippen LogP contribution in [0.5, 0.6) is 0 Å². The smallest absolute Gasteiger partial charge is 0.379 e. The van der Waals surface area contributed by atoms with E-state index in [1.165, 1.54) is 0 Å². The minimum atomic E-state index is -0.979. The third-order valence-corrected chi connectivity index (χ3v) is 1.13. The molecule has 0 N–H and O–H groups in total. The minimum Gasteiger partial charge on any atom is -0.463 e. The summed E-state index contributed by atoms with van der Waals surface area (Å²) in [4.78, 5) is 32.3. The van der Waals surface area contributed by atoms with Crippen molar-refractivity contribution in [1.29, 1.82) is 0 Å². The molecule has 0 saturated carbocycles. The lowest BCUT2D eigenvalue weighted by molar-refractivity contribution is -0.151. The summed E-state index contributed by atoms with van der Waals surface area (Å²) < 4.78 is 8.91. The number of esters is 2. The Morgan fingerprint density at radius 2 is 1.57 bits per heavy atom. The fourth-order valence-corrected chi connectivity index (χ4v) is 0.604. The second-order valence-corrected chi connectivity index (χ2v) is 2.17. The molecule has 78 valence electrons. The summed E-state index contributed by atoms with van der Waals surface area (Å²) in [5.74, 6) is -2.52. The van der Waals surface area contributed by atoms with Crippen molar-refractivity contribution in [2.75, 3.05) is 13.2 Å². The summed E-state index contributed by atoms with van der Waals surface area (Å²) >= 11 is 0. The number of hydrogen-bond donors (Lipinski definition) is 0. The van der Waals surface area contributed by atoms with E-state index in [4.69, 9.17) is 0 Å². The first-order chi connectivity index (χ1) is 6.61. The monoisotopic (exact) mass is 200 g/mol. The summed E-state index contributed by atoms with van der Waals surface area (Å²) in [7, 11) is 0. The van der Waals surface area contributed by atoms with Crippen LogP contribution in [0, 0.1) is 0 Å². The fourth-order valence-electron chi connectivity index (χ4n) is 0.604. The van der Waals surface area contributed by atoms with Crippen LogP contribution in [0.15, 0.2) is 12.2 Å². The van der Waals surface area contributed by atoms with Crippen molar-refractivity contribution >= 4 is 17.7 Å². The maximum atomic E-state index is 10.9. The van der Waals surface area contributed by atoms with E-state index in [0.29, 0.717) is 0 Å². The molecule has 0 aliphatic carbocycles. The van der Waals surface area contributed by atoms with Crippen LogP contribution in [0.3, 0.4) is 0 Å². The van der Waals surface area contributed by atoms with Gasteiger partial charge in [-0.2, -0.15) is 0 Å². The van der Waals surface area contributed by atoms with Gasteiger partial charge in [-0.05, 0) is 13.8 Å². The van der Waals surface area contributed by atoms with Crippen molar-refractivity contribution in [1.82, 2.24) is 0 Å². The topological polar surface area (TPSA) is 69.7 Å². The zero-order valence-electron chi connectivity index (χ0n) is 8.11. The fraction of sp³-hybridized carbons (Fsp3) is 0.444. The third kappa shape index (κ3) is 5.08. The van der Waals surface area contributed by atoms with Crippen molar-refractivity contribution in [3.8, 4) is 0 Å². The molecule has 0 aliphatic rings. The van der Waals surface area contributed by atoms with E-state index in [0.717, 1.165) is 12.2 Å². The van der Waals surface area contributed by atoms with E-state index in [1.54, 1.807) is 13.8 Å². The summed E-state index contributed by atoms with van der Waals surface area (Å²) in [5.41, 5.74) is 0. The van der Waals surface area contributed by atoms with Crippen LogP contribution in [0.1, 0.15) is 13.8 Å². The Balaban J connectivity index is 4.04. The Kier molecular flexibility index (Phi) is 6.02. The van der Waals surface area contributed by atoms with Gasteiger partial charge in [0, 0.05) is 12.2 Å². The third-order valence-electron chi connectivity index (χ3n) is 1.13. The van der Waals surface area contributed by atoms with Gasteiger partial charge < -0.3 is 9.47 Å². The quantitative estimate of drug-likeness (QED) is 0.361. The number of rotatable bonds is 5.